The number of carboxylic acids is 2. The normalized spacial score (nSPS) is 9.83. The van der Waals surface area contributed by atoms with E-state index < -0.39 is 23.4 Å². The van der Waals surface area contributed by atoms with Crippen molar-refractivity contribution in [1.82, 2.24) is 0 Å². The van der Waals surface area contributed by atoms with Crippen molar-refractivity contribution in [3.8, 4) is 11.5 Å². The molecule has 0 saturated carbocycles. The second-order valence-electron chi connectivity index (χ2n) is 7.52. The van der Waals surface area contributed by atoms with Crippen molar-refractivity contribution in [3.63, 3.8) is 0 Å². The van der Waals surface area contributed by atoms with Crippen molar-refractivity contribution in [2.45, 2.75) is 12.8 Å². The Morgan fingerprint density at radius 2 is 0.886 bits per heavy atom. The fourth-order valence-corrected chi connectivity index (χ4v) is 3.42. The van der Waals surface area contributed by atoms with Gasteiger partial charge in [0.1, 0.15) is 0 Å². The Morgan fingerprint density at radius 3 is 1.20 bits per heavy atom. The van der Waals surface area contributed by atoms with E-state index in [1.807, 2.05) is 60.7 Å². The molecule has 0 saturated heterocycles. The minimum Gasteiger partial charge on any atom is -0.872 e. The average Bonchev–Trinajstić information content (AvgIpc) is 2.83. The molecule has 4 rings (SSSR count). The molecule has 4 aromatic rings. The number of carbonyl (C=O) groups is 2. The Kier molecular flexibility index (Phi) is 10.1. The van der Waals surface area contributed by atoms with Gasteiger partial charge >= 0.3 is 29.0 Å². The van der Waals surface area contributed by atoms with Gasteiger partial charge in [-0.1, -0.05) is 108 Å². The van der Waals surface area contributed by atoms with Gasteiger partial charge < -0.3 is 20.4 Å². The molecule has 0 aromatic heterocycles. The van der Waals surface area contributed by atoms with E-state index in [4.69, 9.17) is 10.2 Å². The molecule has 0 aliphatic heterocycles. The molecule has 0 bridgehead atoms. The van der Waals surface area contributed by atoms with Gasteiger partial charge in [0.15, 0.2) is 0 Å². The molecule has 7 heteroatoms. The third-order valence-corrected chi connectivity index (χ3v) is 5.13. The van der Waals surface area contributed by atoms with E-state index in [9.17, 15) is 19.8 Å². The van der Waals surface area contributed by atoms with Crippen LogP contribution in [-0.4, -0.2) is 22.2 Å². The average molecular weight is 518 g/mol. The summed E-state index contributed by atoms with van der Waals surface area (Å²) in [6.45, 7) is 0. The summed E-state index contributed by atoms with van der Waals surface area (Å²) in [5.74, 6) is -3.15. The Bertz CT molecular complexity index is 1170. The van der Waals surface area contributed by atoms with Crippen LogP contribution in [0, 0.1) is 0 Å². The van der Waals surface area contributed by atoms with Crippen LogP contribution in [0.1, 0.15) is 43.0 Å². The summed E-state index contributed by atoms with van der Waals surface area (Å²) in [4.78, 5) is 21.7. The zero-order valence-corrected chi connectivity index (χ0v) is 19.4. The van der Waals surface area contributed by atoms with Crippen LogP contribution >= 0.6 is 0 Å². The molecule has 0 atom stereocenters. The Labute approximate surface area is 213 Å². The van der Waals surface area contributed by atoms with Crippen molar-refractivity contribution >= 4 is 11.9 Å². The van der Waals surface area contributed by atoms with Crippen molar-refractivity contribution in [2.75, 3.05) is 0 Å². The van der Waals surface area contributed by atoms with Crippen LogP contribution in [0.5, 0.6) is 11.5 Å². The fourth-order valence-electron chi connectivity index (χ4n) is 3.42. The van der Waals surface area contributed by atoms with Crippen LogP contribution in [0.2, 0.25) is 0 Å². The number of rotatable bonds is 6. The second-order valence-corrected chi connectivity index (χ2v) is 7.52. The van der Waals surface area contributed by atoms with E-state index in [2.05, 4.69) is 0 Å². The van der Waals surface area contributed by atoms with E-state index in [1.54, 1.807) is 24.3 Å². The molecule has 0 spiro atoms. The quantitative estimate of drug-likeness (QED) is 0.371. The standard InChI is InChI=1S/2C14H12O3.Cu/c2*15-13-11(7-4-8-12(13)14(16)17)9-10-5-2-1-3-6-10;/h2*1-8,15H,9H2,(H,16,17);/q;;+2/p-2. The molecule has 0 unspecified atom stereocenters. The molecule has 0 aliphatic carbocycles. The summed E-state index contributed by atoms with van der Waals surface area (Å²) < 4.78 is 0. The molecule has 6 nitrogen and oxygen atoms in total. The van der Waals surface area contributed by atoms with Gasteiger partial charge in [-0.25, -0.2) is 9.59 Å². The molecule has 0 aliphatic rings. The van der Waals surface area contributed by atoms with E-state index in [0.29, 0.717) is 24.0 Å². The van der Waals surface area contributed by atoms with Crippen LogP contribution in [0.3, 0.4) is 0 Å². The van der Waals surface area contributed by atoms with Gasteiger partial charge in [-0.3, -0.25) is 0 Å². The van der Waals surface area contributed by atoms with Crippen molar-refractivity contribution < 1.29 is 47.1 Å². The Balaban J connectivity index is 0.000000240. The molecular formula is C28H22CuO6. The molecule has 2 N–H and O–H groups in total. The van der Waals surface area contributed by atoms with Crippen LogP contribution in [-0.2, 0) is 29.9 Å². The first-order valence-corrected chi connectivity index (χ1v) is 10.5. The topological polar surface area (TPSA) is 121 Å². The van der Waals surface area contributed by atoms with Crippen molar-refractivity contribution in [3.05, 3.63) is 130 Å². The predicted octanol–water partition coefficient (Wildman–Crippen LogP) is 4.10. The van der Waals surface area contributed by atoms with Gasteiger partial charge in [0.25, 0.3) is 0 Å². The van der Waals surface area contributed by atoms with Crippen LogP contribution in [0.4, 0.5) is 0 Å². The number of carboxylic acid groups (broad SMARTS) is 2. The molecule has 4 aromatic carbocycles. The summed E-state index contributed by atoms with van der Waals surface area (Å²) in [6.07, 6.45) is 0.918. The minimum atomic E-state index is -1.18. The monoisotopic (exact) mass is 517 g/mol. The molecule has 181 valence electrons. The maximum absolute atomic E-state index is 11.8. The van der Waals surface area contributed by atoms with Gasteiger partial charge in [0.05, 0.1) is 11.1 Å². The second kappa shape index (κ2) is 13.0. The van der Waals surface area contributed by atoms with E-state index >= 15 is 0 Å². The smallest absolute Gasteiger partial charge is 0.872 e. The maximum atomic E-state index is 11.8. The number of aromatic carboxylic acids is 2. The van der Waals surface area contributed by atoms with E-state index in [-0.39, 0.29) is 28.2 Å². The Hall–Kier alpha value is -4.06. The van der Waals surface area contributed by atoms with Gasteiger partial charge in [-0.15, -0.1) is 0 Å². The van der Waals surface area contributed by atoms with Gasteiger partial charge in [0, 0.05) is 0 Å². The van der Waals surface area contributed by atoms with E-state index in [1.165, 1.54) is 12.1 Å². The molecule has 0 fully saturated rings. The number of para-hydroxylation sites is 2. The van der Waals surface area contributed by atoms with Crippen LogP contribution in [0.15, 0.2) is 97.1 Å². The Morgan fingerprint density at radius 1 is 0.543 bits per heavy atom. The first-order valence-electron chi connectivity index (χ1n) is 10.5. The first kappa shape index (κ1) is 27.2. The van der Waals surface area contributed by atoms with Gasteiger partial charge in [-0.2, -0.15) is 0 Å². The van der Waals surface area contributed by atoms with Gasteiger partial charge in [-0.05, 0) is 36.1 Å². The maximum Gasteiger partial charge on any atom is 2.00 e. The van der Waals surface area contributed by atoms with Crippen LogP contribution < -0.4 is 10.2 Å². The SMILES string of the molecule is O=C(O)c1cccc(Cc2ccccc2)c1[O-].O=C(O)c1cccc(Cc2ccccc2)c1[O-].[Cu+2]. The summed E-state index contributed by atoms with van der Waals surface area (Å²) in [5, 5.41) is 41.4. The number of hydrogen-bond donors (Lipinski definition) is 2. The zero-order valence-electron chi connectivity index (χ0n) is 18.5. The predicted molar refractivity (Wildman–Crippen MR) is 124 cm³/mol. The van der Waals surface area contributed by atoms with Gasteiger partial charge in [0.2, 0.25) is 0 Å². The van der Waals surface area contributed by atoms with Crippen LogP contribution in [0.25, 0.3) is 0 Å². The first-order chi connectivity index (χ1) is 16.4. The van der Waals surface area contributed by atoms with Crippen molar-refractivity contribution in [1.29, 1.82) is 0 Å². The number of benzene rings is 4. The molecule has 1 radical (unpaired) electrons. The third kappa shape index (κ3) is 7.47. The molecule has 0 heterocycles. The van der Waals surface area contributed by atoms with Crippen molar-refractivity contribution in [2.24, 2.45) is 0 Å². The minimum absolute atomic E-state index is 0. The molecule has 35 heavy (non-hydrogen) atoms. The van der Waals surface area contributed by atoms with E-state index in [0.717, 1.165) is 11.1 Å². The summed E-state index contributed by atoms with van der Waals surface area (Å²) in [7, 11) is 0. The summed E-state index contributed by atoms with van der Waals surface area (Å²) >= 11 is 0. The summed E-state index contributed by atoms with van der Waals surface area (Å²) in [5.41, 5.74) is 2.67. The largest absolute Gasteiger partial charge is 2.00 e. The fraction of sp³-hybridized carbons (Fsp3) is 0.0714. The zero-order chi connectivity index (χ0) is 24.5. The molecular weight excluding hydrogens is 496 g/mol. The summed E-state index contributed by atoms with van der Waals surface area (Å²) in [6, 6.07) is 28.2. The number of hydrogen-bond acceptors (Lipinski definition) is 4. The third-order valence-electron chi connectivity index (χ3n) is 5.13. The molecule has 0 amide bonds.